The first kappa shape index (κ1) is 19.7. The quantitative estimate of drug-likeness (QED) is 0.721. The number of carbonyl (C=O) groups is 2. The van der Waals surface area contributed by atoms with Gasteiger partial charge < -0.3 is 14.5 Å². The highest BCUT2D eigenvalue weighted by molar-refractivity contribution is 7.91. The molecule has 2 atom stereocenters. The topological polar surface area (TPSA) is 84.0 Å². The molecular weight excluding hydrogens is 368 g/mol. The zero-order valence-corrected chi connectivity index (χ0v) is 16.6. The Morgan fingerprint density at radius 2 is 2.00 bits per heavy atom. The van der Waals surface area contributed by atoms with E-state index in [2.05, 4.69) is 0 Å². The second-order valence-corrected chi connectivity index (χ2v) is 9.43. The van der Waals surface area contributed by atoms with Gasteiger partial charge in [0.2, 0.25) is 11.8 Å². The number of sulfone groups is 1. The number of ether oxygens (including phenoxy) is 1. The van der Waals surface area contributed by atoms with Gasteiger partial charge >= 0.3 is 0 Å². The lowest BCUT2D eigenvalue weighted by Crippen LogP contribution is -2.44. The van der Waals surface area contributed by atoms with Crippen molar-refractivity contribution in [2.75, 3.05) is 31.7 Å². The Morgan fingerprint density at radius 1 is 1.30 bits per heavy atom. The number of carbonyl (C=O) groups excluding carboxylic acids is 2. The zero-order chi connectivity index (χ0) is 19.6. The molecule has 2 aliphatic heterocycles. The Kier molecular flexibility index (Phi) is 5.74. The third-order valence-electron chi connectivity index (χ3n) is 5.37. The van der Waals surface area contributed by atoms with Crippen LogP contribution in [0.3, 0.4) is 0 Å². The zero-order valence-electron chi connectivity index (χ0n) is 15.8. The summed E-state index contributed by atoms with van der Waals surface area (Å²) in [4.78, 5) is 28.7. The van der Waals surface area contributed by atoms with Gasteiger partial charge in [-0.2, -0.15) is 0 Å². The van der Waals surface area contributed by atoms with Crippen LogP contribution in [-0.2, 0) is 26.0 Å². The van der Waals surface area contributed by atoms with Crippen LogP contribution in [0.25, 0.3) is 0 Å². The summed E-state index contributed by atoms with van der Waals surface area (Å²) in [5.74, 6) is 0.366. The minimum Gasteiger partial charge on any atom is -0.497 e. The van der Waals surface area contributed by atoms with E-state index in [0.29, 0.717) is 26.1 Å². The first-order chi connectivity index (χ1) is 12.8. The standard InChI is InChI=1S/C19H26N2O5S/c1-3-21(16-8-9-27(24,25)13-16)19(23)15-10-18(22)20(12-15)11-14-4-6-17(26-2)7-5-14/h4-7,15-16H,3,8-13H2,1-2H3. The van der Waals surface area contributed by atoms with Gasteiger partial charge in [0.25, 0.3) is 0 Å². The fraction of sp³-hybridized carbons (Fsp3) is 0.579. The normalized spacial score (nSPS) is 24.2. The van der Waals surface area contributed by atoms with E-state index < -0.39 is 15.8 Å². The summed E-state index contributed by atoms with van der Waals surface area (Å²) in [6.07, 6.45) is 0.670. The van der Waals surface area contributed by atoms with E-state index in [1.807, 2.05) is 31.2 Å². The van der Waals surface area contributed by atoms with Crippen molar-refractivity contribution in [1.82, 2.24) is 9.80 Å². The Bertz CT molecular complexity index is 806. The van der Waals surface area contributed by atoms with Crippen LogP contribution in [0.2, 0.25) is 0 Å². The molecule has 0 saturated carbocycles. The van der Waals surface area contributed by atoms with E-state index in [1.165, 1.54) is 0 Å². The van der Waals surface area contributed by atoms with Crippen molar-refractivity contribution in [2.45, 2.75) is 32.4 Å². The van der Waals surface area contributed by atoms with Crippen molar-refractivity contribution < 1.29 is 22.7 Å². The lowest BCUT2D eigenvalue weighted by Gasteiger charge is -2.29. The third-order valence-corrected chi connectivity index (χ3v) is 7.12. The van der Waals surface area contributed by atoms with Gasteiger partial charge in [0.05, 0.1) is 24.5 Å². The number of nitrogens with zero attached hydrogens (tertiary/aromatic N) is 2. The second-order valence-electron chi connectivity index (χ2n) is 7.20. The lowest BCUT2D eigenvalue weighted by atomic mass is 10.1. The van der Waals surface area contributed by atoms with Gasteiger partial charge in [0, 0.05) is 32.1 Å². The summed E-state index contributed by atoms with van der Waals surface area (Å²) in [6, 6.07) is 7.24. The van der Waals surface area contributed by atoms with Crippen molar-refractivity contribution in [3.05, 3.63) is 29.8 Å². The van der Waals surface area contributed by atoms with E-state index in [4.69, 9.17) is 4.74 Å². The number of rotatable bonds is 6. The molecule has 2 aliphatic rings. The van der Waals surface area contributed by atoms with Crippen molar-refractivity contribution in [3.8, 4) is 5.75 Å². The largest absolute Gasteiger partial charge is 0.497 e. The van der Waals surface area contributed by atoms with Crippen LogP contribution in [0, 0.1) is 5.92 Å². The average molecular weight is 394 g/mol. The van der Waals surface area contributed by atoms with E-state index in [-0.39, 0.29) is 35.8 Å². The van der Waals surface area contributed by atoms with Crippen molar-refractivity contribution in [1.29, 1.82) is 0 Å². The van der Waals surface area contributed by atoms with E-state index in [0.717, 1.165) is 11.3 Å². The Morgan fingerprint density at radius 3 is 2.56 bits per heavy atom. The molecule has 1 aromatic rings. The second kappa shape index (κ2) is 7.88. The SMILES string of the molecule is CCN(C(=O)C1CC(=O)N(Cc2ccc(OC)cc2)C1)C1CCS(=O)(=O)C1. The molecule has 2 heterocycles. The van der Waals surface area contributed by atoms with Gasteiger partial charge in [-0.1, -0.05) is 12.1 Å². The molecule has 0 aliphatic carbocycles. The first-order valence-corrected chi connectivity index (χ1v) is 11.1. The maximum atomic E-state index is 12.9. The number of likely N-dealkylation sites (tertiary alicyclic amines) is 1. The fourth-order valence-electron chi connectivity index (χ4n) is 3.89. The summed E-state index contributed by atoms with van der Waals surface area (Å²) < 4.78 is 28.6. The van der Waals surface area contributed by atoms with Gasteiger partial charge in [-0.15, -0.1) is 0 Å². The molecule has 0 N–H and O–H groups in total. The monoisotopic (exact) mass is 394 g/mol. The van der Waals surface area contributed by atoms with Crippen LogP contribution >= 0.6 is 0 Å². The molecule has 7 nitrogen and oxygen atoms in total. The first-order valence-electron chi connectivity index (χ1n) is 9.24. The Balaban J connectivity index is 1.63. The molecule has 148 valence electrons. The van der Waals surface area contributed by atoms with E-state index in [1.54, 1.807) is 16.9 Å². The van der Waals surface area contributed by atoms with Crippen molar-refractivity contribution >= 4 is 21.7 Å². The molecule has 0 aromatic heterocycles. The highest BCUT2D eigenvalue weighted by atomic mass is 32.2. The molecule has 0 radical (unpaired) electrons. The molecule has 2 saturated heterocycles. The molecule has 0 spiro atoms. The Hall–Kier alpha value is -2.09. The fourth-order valence-corrected chi connectivity index (χ4v) is 5.62. The van der Waals surface area contributed by atoms with Gasteiger partial charge in [-0.25, -0.2) is 8.42 Å². The van der Waals surface area contributed by atoms with E-state index in [9.17, 15) is 18.0 Å². The summed E-state index contributed by atoms with van der Waals surface area (Å²) in [6.45, 7) is 3.15. The number of amides is 2. The van der Waals surface area contributed by atoms with Gasteiger partial charge in [-0.05, 0) is 31.0 Å². The molecule has 0 bridgehead atoms. The smallest absolute Gasteiger partial charge is 0.228 e. The summed E-state index contributed by atoms with van der Waals surface area (Å²) in [5, 5.41) is 0. The number of hydrogen-bond acceptors (Lipinski definition) is 5. The molecule has 8 heteroatoms. The third kappa shape index (κ3) is 4.43. The summed E-state index contributed by atoms with van der Waals surface area (Å²) in [7, 11) is -1.46. The predicted octanol–water partition coefficient (Wildman–Crippen LogP) is 1.08. The molecule has 2 fully saturated rings. The molecular formula is C19H26N2O5S. The van der Waals surface area contributed by atoms with Gasteiger partial charge in [0.1, 0.15) is 5.75 Å². The number of benzene rings is 1. The highest BCUT2D eigenvalue weighted by Gasteiger charge is 2.40. The molecule has 2 unspecified atom stereocenters. The lowest BCUT2D eigenvalue weighted by molar-refractivity contribution is -0.137. The van der Waals surface area contributed by atoms with Gasteiger partial charge in [0.15, 0.2) is 9.84 Å². The molecule has 27 heavy (non-hydrogen) atoms. The summed E-state index contributed by atoms with van der Waals surface area (Å²) >= 11 is 0. The van der Waals surface area contributed by atoms with Crippen LogP contribution in [0.15, 0.2) is 24.3 Å². The van der Waals surface area contributed by atoms with E-state index >= 15 is 0 Å². The molecule has 3 rings (SSSR count). The van der Waals surface area contributed by atoms with Crippen LogP contribution in [0.5, 0.6) is 5.75 Å². The van der Waals surface area contributed by atoms with Crippen LogP contribution in [-0.4, -0.2) is 67.8 Å². The average Bonchev–Trinajstić information content (AvgIpc) is 3.18. The predicted molar refractivity (Wildman–Crippen MR) is 101 cm³/mol. The van der Waals surface area contributed by atoms with Crippen LogP contribution < -0.4 is 4.74 Å². The Labute approximate surface area is 160 Å². The maximum Gasteiger partial charge on any atom is 0.228 e. The van der Waals surface area contributed by atoms with Crippen LogP contribution in [0.1, 0.15) is 25.3 Å². The maximum absolute atomic E-state index is 12.9. The number of methoxy groups -OCH3 is 1. The molecule has 2 amide bonds. The minimum absolute atomic E-state index is 0.0306. The van der Waals surface area contributed by atoms with Gasteiger partial charge in [-0.3, -0.25) is 9.59 Å². The van der Waals surface area contributed by atoms with Crippen molar-refractivity contribution in [3.63, 3.8) is 0 Å². The van der Waals surface area contributed by atoms with Crippen LogP contribution in [0.4, 0.5) is 0 Å². The van der Waals surface area contributed by atoms with Crippen molar-refractivity contribution in [2.24, 2.45) is 5.92 Å². The number of hydrogen-bond donors (Lipinski definition) is 0. The highest BCUT2D eigenvalue weighted by Crippen LogP contribution is 2.26. The summed E-state index contributed by atoms with van der Waals surface area (Å²) in [5.41, 5.74) is 0.978. The molecule has 1 aromatic carbocycles. The minimum atomic E-state index is -3.06.